The normalized spacial score (nSPS) is 21.9. The molecule has 0 spiro atoms. The number of anilines is 1. The number of pyridine rings is 1. The molecule has 1 fully saturated rings. The molecule has 1 aliphatic heterocycles. The zero-order chi connectivity index (χ0) is 12.5. The van der Waals surface area contributed by atoms with E-state index in [9.17, 15) is 4.79 Å². The highest BCUT2D eigenvalue weighted by Crippen LogP contribution is 2.36. The van der Waals surface area contributed by atoms with Crippen LogP contribution in [0, 0.1) is 18.3 Å². The predicted molar refractivity (Wildman–Crippen MR) is 66.8 cm³/mol. The molecule has 1 saturated heterocycles. The van der Waals surface area contributed by atoms with E-state index in [2.05, 4.69) is 17.0 Å². The van der Waals surface area contributed by atoms with Crippen LogP contribution in [0.25, 0.3) is 0 Å². The summed E-state index contributed by atoms with van der Waals surface area (Å²) < 4.78 is 5.20. The number of hydrogen-bond donors (Lipinski definition) is 0. The third-order valence-electron chi connectivity index (χ3n) is 3.29. The van der Waals surface area contributed by atoms with Crippen molar-refractivity contribution in [1.29, 1.82) is 0 Å². The van der Waals surface area contributed by atoms with Crippen LogP contribution in [0.15, 0.2) is 30.1 Å². The van der Waals surface area contributed by atoms with Gasteiger partial charge >= 0.3 is 6.09 Å². The Morgan fingerprint density at radius 3 is 3.28 bits per heavy atom. The van der Waals surface area contributed by atoms with Crippen LogP contribution in [-0.4, -0.2) is 17.7 Å². The minimum absolute atomic E-state index is 0.273. The van der Waals surface area contributed by atoms with Crippen molar-refractivity contribution in [1.82, 2.24) is 4.98 Å². The van der Waals surface area contributed by atoms with Crippen LogP contribution in [0.5, 0.6) is 0 Å². The summed E-state index contributed by atoms with van der Waals surface area (Å²) in [6.07, 6.45) is 10.7. The maximum atomic E-state index is 12.0. The second-order valence-electron chi connectivity index (χ2n) is 4.33. The molecule has 4 heteroatoms. The van der Waals surface area contributed by atoms with Crippen molar-refractivity contribution in [2.24, 2.45) is 5.92 Å². The number of ether oxygens (including phenoxy) is 1. The summed E-state index contributed by atoms with van der Waals surface area (Å²) in [5, 5.41) is 0. The van der Waals surface area contributed by atoms with Crippen LogP contribution in [-0.2, 0) is 4.74 Å². The van der Waals surface area contributed by atoms with Gasteiger partial charge in [-0.1, -0.05) is 12.0 Å². The van der Waals surface area contributed by atoms with E-state index in [1.807, 2.05) is 0 Å². The third kappa shape index (κ3) is 1.56. The van der Waals surface area contributed by atoms with Gasteiger partial charge in [0, 0.05) is 17.8 Å². The quantitative estimate of drug-likeness (QED) is 0.707. The monoisotopic (exact) mass is 240 g/mol. The fourth-order valence-electron chi connectivity index (χ4n) is 2.43. The first kappa shape index (κ1) is 10.8. The Morgan fingerprint density at radius 1 is 1.56 bits per heavy atom. The van der Waals surface area contributed by atoms with Gasteiger partial charge < -0.3 is 4.74 Å². The number of carbonyl (C=O) groups is 1. The molecule has 1 unspecified atom stereocenters. The minimum Gasteiger partial charge on any atom is -0.448 e. The van der Waals surface area contributed by atoms with E-state index >= 15 is 0 Å². The van der Waals surface area contributed by atoms with E-state index in [0.717, 1.165) is 18.5 Å². The smallest absolute Gasteiger partial charge is 0.419 e. The highest BCUT2D eigenvalue weighted by molar-refractivity contribution is 5.92. The van der Waals surface area contributed by atoms with Gasteiger partial charge in [0.25, 0.3) is 0 Å². The summed E-state index contributed by atoms with van der Waals surface area (Å²) in [5.41, 5.74) is 1.57. The van der Waals surface area contributed by atoms with Crippen LogP contribution in [0.2, 0.25) is 0 Å². The van der Waals surface area contributed by atoms with Crippen LogP contribution < -0.4 is 4.90 Å². The van der Waals surface area contributed by atoms with Gasteiger partial charge in [-0.3, -0.25) is 0 Å². The van der Waals surface area contributed by atoms with Crippen LogP contribution >= 0.6 is 0 Å². The largest absolute Gasteiger partial charge is 0.448 e. The molecule has 18 heavy (non-hydrogen) atoms. The molecule has 1 aliphatic carbocycles. The Kier molecular flexibility index (Phi) is 2.52. The van der Waals surface area contributed by atoms with Crippen LogP contribution in [0.4, 0.5) is 10.6 Å². The zero-order valence-electron chi connectivity index (χ0n) is 9.80. The molecule has 1 amide bonds. The van der Waals surface area contributed by atoms with Gasteiger partial charge in [0.05, 0.1) is 5.56 Å². The Hall–Kier alpha value is -2.28. The molecule has 0 bridgehead atoms. The Morgan fingerprint density at radius 2 is 2.44 bits per heavy atom. The van der Waals surface area contributed by atoms with E-state index in [-0.39, 0.29) is 5.92 Å². The van der Waals surface area contributed by atoms with Crippen molar-refractivity contribution < 1.29 is 9.53 Å². The van der Waals surface area contributed by atoms with Crippen molar-refractivity contribution in [3.63, 3.8) is 0 Å². The summed E-state index contributed by atoms with van der Waals surface area (Å²) in [7, 11) is 0. The molecule has 4 nitrogen and oxygen atoms in total. The number of rotatable bonds is 1. The average Bonchev–Trinajstić information content (AvgIpc) is 2.87. The summed E-state index contributed by atoms with van der Waals surface area (Å²) in [6.45, 7) is 0.458. The lowest BCUT2D eigenvalue weighted by atomic mass is 10.1. The van der Waals surface area contributed by atoms with Crippen molar-refractivity contribution in [3.8, 4) is 12.3 Å². The first-order chi connectivity index (χ1) is 8.81. The number of carbonyl (C=O) groups excluding carboxylic acids is 1. The first-order valence-electron chi connectivity index (χ1n) is 5.90. The molecule has 0 aromatic carbocycles. The van der Waals surface area contributed by atoms with E-state index < -0.39 is 6.09 Å². The van der Waals surface area contributed by atoms with Crippen molar-refractivity contribution >= 4 is 11.9 Å². The lowest BCUT2D eigenvalue weighted by molar-refractivity contribution is 0.127. The summed E-state index contributed by atoms with van der Waals surface area (Å²) in [4.78, 5) is 17.7. The van der Waals surface area contributed by atoms with E-state index in [1.165, 1.54) is 4.90 Å². The number of cyclic esters (lactones) is 1. The molecule has 0 saturated carbocycles. The van der Waals surface area contributed by atoms with Gasteiger partial charge in [0.15, 0.2) is 5.82 Å². The zero-order valence-corrected chi connectivity index (χ0v) is 9.80. The van der Waals surface area contributed by atoms with Gasteiger partial charge in [0.2, 0.25) is 0 Å². The molecule has 0 N–H and O–H groups in total. The number of allylic oxidation sites excluding steroid dienone is 1. The Labute approximate surface area is 105 Å². The second kappa shape index (κ2) is 4.19. The number of hydrogen-bond acceptors (Lipinski definition) is 3. The highest BCUT2D eigenvalue weighted by atomic mass is 16.6. The Balaban J connectivity index is 2.08. The molecule has 2 heterocycles. The van der Waals surface area contributed by atoms with Gasteiger partial charge in [-0.25, -0.2) is 14.7 Å². The highest BCUT2D eigenvalue weighted by Gasteiger charge is 2.37. The standard InChI is InChI=1S/C14H12N2O2/c1-2-10-6-4-8-15-13(10)16-12-7-3-5-11(12)9-18-14(16)17/h1,4,6-8,11H,3,5,9H2. The number of nitrogens with zero attached hydrogens (tertiary/aromatic N) is 2. The molecule has 2 aliphatic rings. The first-order valence-corrected chi connectivity index (χ1v) is 5.90. The van der Waals surface area contributed by atoms with Crippen LogP contribution in [0.1, 0.15) is 18.4 Å². The third-order valence-corrected chi connectivity index (χ3v) is 3.29. The van der Waals surface area contributed by atoms with Crippen molar-refractivity contribution in [2.75, 3.05) is 11.5 Å². The molecule has 1 aromatic heterocycles. The van der Waals surface area contributed by atoms with E-state index in [1.54, 1.807) is 18.3 Å². The van der Waals surface area contributed by atoms with E-state index in [0.29, 0.717) is 18.0 Å². The maximum absolute atomic E-state index is 12.0. The van der Waals surface area contributed by atoms with Crippen molar-refractivity contribution in [2.45, 2.75) is 12.8 Å². The topological polar surface area (TPSA) is 42.4 Å². The lowest BCUT2D eigenvalue weighted by Gasteiger charge is -2.32. The van der Waals surface area contributed by atoms with E-state index in [4.69, 9.17) is 11.2 Å². The SMILES string of the molecule is C#Cc1cccnc1N1C(=O)OCC2CCC=C21. The Bertz CT molecular complexity index is 571. The molecular formula is C14H12N2O2. The lowest BCUT2D eigenvalue weighted by Crippen LogP contribution is -2.40. The van der Waals surface area contributed by atoms with Gasteiger partial charge in [0.1, 0.15) is 6.61 Å². The molecule has 0 radical (unpaired) electrons. The molecule has 1 atom stereocenters. The summed E-state index contributed by atoms with van der Waals surface area (Å²) in [6, 6.07) is 3.53. The number of fused-ring (bicyclic) bond motifs is 1. The number of amides is 1. The van der Waals surface area contributed by atoms with Crippen molar-refractivity contribution in [3.05, 3.63) is 35.7 Å². The fraction of sp³-hybridized carbons (Fsp3) is 0.286. The van der Waals surface area contributed by atoms with Gasteiger partial charge in [-0.05, 0) is 25.0 Å². The fourth-order valence-corrected chi connectivity index (χ4v) is 2.43. The average molecular weight is 240 g/mol. The molecule has 90 valence electrons. The summed E-state index contributed by atoms with van der Waals surface area (Å²) >= 11 is 0. The van der Waals surface area contributed by atoms with Gasteiger partial charge in [-0.2, -0.15) is 0 Å². The maximum Gasteiger partial charge on any atom is 0.419 e. The number of aromatic nitrogens is 1. The van der Waals surface area contributed by atoms with Gasteiger partial charge in [-0.15, -0.1) is 6.42 Å². The number of terminal acetylenes is 1. The molecule has 3 rings (SSSR count). The minimum atomic E-state index is -0.394. The molecule has 1 aromatic rings. The second-order valence-corrected chi connectivity index (χ2v) is 4.33. The van der Waals surface area contributed by atoms with Crippen LogP contribution in [0.3, 0.4) is 0 Å². The predicted octanol–water partition coefficient (Wildman–Crippen LogP) is 2.31. The molecular weight excluding hydrogens is 228 g/mol. The summed E-state index contributed by atoms with van der Waals surface area (Å²) in [5.74, 6) is 3.32.